The number of tetrazole rings is 1. The van der Waals surface area contributed by atoms with E-state index in [2.05, 4.69) is 31.3 Å². The van der Waals surface area contributed by atoms with Crippen LogP contribution in [0.1, 0.15) is 31.4 Å². The van der Waals surface area contributed by atoms with Gasteiger partial charge in [0.25, 0.3) is 11.7 Å². The lowest BCUT2D eigenvalue weighted by Crippen LogP contribution is -2.27. The fraction of sp³-hybridized carbons (Fsp3) is 0.308. The highest BCUT2D eigenvalue weighted by atomic mass is 16.2. The molecule has 21 heavy (non-hydrogen) atoms. The minimum absolute atomic E-state index is 0.0564. The summed E-state index contributed by atoms with van der Waals surface area (Å²) in [5.41, 5.74) is 0.626. The van der Waals surface area contributed by atoms with E-state index in [-0.39, 0.29) is 11.7 Å². The minimum atomic E-state index is -0.496. The van der Waals surface area contributed by atoms with Gasteiger partial charge >= 0.3 is 0 Å². The number of aromatic nitrogens is 4. The molecule has 0 fully saturated rings. The van der Waals surface area contributed by atoms with Gasteiger partial charge in [-0.1, -0.05) is 26.8 Å². The van der Waals surface area contributed by atoms with Crippen LogP contribution in [0.15, 0.2) is 24.3 Å². The van der Waals surface area contributed by atoms with Gasteiger partial charge in [0.2, 0.25) is 5.91 Å². The molecule has 1 aromatic carbocycles. The van der Waals surface area contributed by atoms with Crippen molar-refractivity contribution in [2.75, 3.05) is 10.6 Å². The Bertz CT molecular complexity index is 645. The molecule has 1 aromatic heterocycles. The second kappa shape index (κ2) is 5.70. The third kappa shape index (κ3) is 3.85. The fourth-order valence-electron chi connectivity index (χ4n) is 1.44. The number of hydrogen-bond donors (Lipinski definition) is 3. The Labute approximate surface area is 121 Å². The summed E-state index contributed by atoms with van der Waals surface area (Å²) in [4.78, 5) is 23.7. The number of carbonyl (C=O) groups excluding carboxylic acids is 2. The van der Waals surface area contributed by atoms with Crippen LogP contribution in [-0.4, -0.2) is 32.4 Å². The molecule has 2 aromatic rings. The highest BCUT2D eigenvalue weighted by Gasteiger charge is 2.21. The summed E-state index contributed by atoms with van der Waals surface area (Å²) in [5.74, 6) is -0.647. The fourth-order valence-corrected chi connectivity index (χ4v) is 1.44. The number of rotatable bonds is 3. The van der Waals surface area contributed by atoms with Crippen LogP contribution in [0.4, 0.5) is 11.4 Å². The third-order valence-electron chi connectivity index (χ3n) is 2.61. The second-order valence-electron chi connectivity index (χ2n) is 5.47. The maximum atomic E-state index is 11.9. The Morgan fingerprint density at radius 2 is 1.81 bits per heavy atom. The topological polar surface area (TPSA) is 113 Å². The largest absolute Gasteiger partial charge is 0.326 e. The summed E-state index contributed by atoms with van der Waals surface area (Å²) in [6, 6.07) is 6.82. The normalized spacial score (nSPS) is 11.0. The van der Waals surface area contributed by atoms with Gasteiger partial charge in [-0.3, -0.25) is 9.59 Å². The summed E-state index contributed by atoms with van der Waals surface area (Å²) in [5, 5.41) is 18.1. The smallest absolute Gasteiger partial charge is 0.297 e. The average molecular weight is 288 g/mol. The van der Waals surface area contributed by atoms with Gasteiger partial charge < -0.3 is 10.6 Å². The first-order chi connectivity index (χ1) is 9.86. The van der Waals surface area contributed by atoms with Crippen molar-refractivity contribution in [1.82, 2.24) is 20.6 Å². The van der Waals surface area contributed by atoms with Crippen molar-refractivity contribution >= 4 is 23.2 Å². The minimum Gasteiger partial charge on any atom is -0.326 e. The summed E-state index contributed by atoms with van der Waals surface area (Å²) >= 11 is 0. The van der Waals surface area contributed by atoms with Crippen molar-refractivity contribution in [2.24, 2.45) is 5.41 Å². The van der Waals surface area contributed by atoms with E-state index >= 15 is 0 Å². The third-order valence-corrected chi connectivity index (χ3v) is 2.61. The predicted octanol–water partition coefficient (Wildman–Crippen LogP) is 1.44. The van der Waals surface area contributed by atoms with E-state index in [0.29, 0.717) is 11.4 Å². The van der Waals surface area contributed by atoms with Crippen LogP contribution in [0.5, 0.6) is 0 Å². The van der Waals surface area contributed by atoms with Crippen LogP contribution in [0.25, 0.3) is 0 Å². The van der Waals surface area contributed by atoms with Crippen LogP contribution < -0.4 is 10.6 Å². The zero-order valence-electron chi connectivity index (χ0n) is 12.0. The number of nitrogens with one attached hydrogen (secondary N) is 3. The molecule has 8 heteroatoms. The van der Waals surface area contributed by atoms with Crippen molar-refractivity contribution in [3.05, 3.63) is 30.1 Å². The van der Waals surface area contributed by atoms with E-state index in [1.165, 1.54) is 0 Å². The molecule has 0 bridgehead atoms. The van der Waals surface area contributed by atoms with Gasteiger partial charge in [0.15, 0.2) is 0 Å². The Morgan fingerprint density at radius 3 is 2.38 bits per heavy atom. The molecule has 2 amide bonds. The van der Waals surface area contributed by atoms with Gasteiger partial charge in [0, 0.05) is 16.8 Å². The summed E-state index contributed by atoms with van der Waals surface area (Å²) in [7, 11) is 0. The molecular formula is C13H16N6O2. The molecule has 0 saturated carbocycles. The monoisotopic (exact) mass is 288 g/mol. The Hall–Kier alpha value is -2.77. The molecule has 0 aliphatic carbocycles. The van der Waals surface area contributed by atoms with Gasteiger partial charge in [-0.15, -0.1) is 10.2 Å². The van der Waals surface area contributed by atoms with Crippen molar-refractivity contribution in [1.29, 1.82) is 0 Å². The van der Waals surface area contributed by atoms with Crippen LogP contribution in [-0.2, 0) is 4.79 Å². The number of anilines is 2. The molecular weight excluding hydrogens is 272 g/mol. The maximum Gasteiger partial charge on any atom is 0.297 e. The number of nitrogens with zero attached hydrogens (tertiary/aromatic N) is 3. The van der Waals surface area contributed by atoms with Crippen molar-refractivity contribution in [2.45, 2.75) is 20.8 Å². The number of amides is 2. The second-order valence-corrected chi connectivity index (χ2v) is 5.47. The zero-order chi connectivity index (χ0) is 15.5. The molecule has 0 radical (unpaired) electrons. The molecule has 8 nitrogen and oxygen atoms in total. The molecule has 0 spiro atoms. The van der Waals surface area contributed by atoms with E-state index in [9.17, 15) is 9.59 Å². The first kappa shape index (κ1) is 14.6. The van der Waals surface area contributed by atoms with Gasteiger partial charge in [-0.2, -0.15) is 5.21 Å². The van der Waals surface area contributed by atoms with Crippen LogP contribution >= 0.6 is 0 Å². The molecule has 3 N–H and O–H groups in total. The molecule has 0 unspecified atom stereocenters. The summed E-state index contributed by atoms with van der Waals surface area (Å²) in [6.45, 7) is 5.47. The predicted molar refractivity (Wildman–Crippen MR) is 76.7 cm³/mol. The molecule has 0 aliphatic heterocycles. The number of hydrogen-bond acceptors (Lipinski definition) is 5. The highest BCUT2D eigenvalue weighted by molar-refractivity contribution is 6.02. The van der Waals surface area contributed by atoms with E-state index in [1.807, 2.05) is 20.8 Å². The lowest BCUT2D eigenvalue weighted by molar-refractivity contribution is -0.123. The lowest BCUT2D eigenvalue weighted by Gasteiger charge is -2.18. The van der Waals surface area contributed by atoms with Crippen molar-refractivity contribution in [3.63, 3.8) is 0 Å². The first-order valence-corrected chi connectivity index (χ1v) is 6.32. The number of carbonyl (C=O) groups is 2. The van der Waals surface area contributed by atoms with Crippen molar-refractivity contribution in [3.8, 4) is 0 Å². The van der Waals surface area contributed by atoms with E-state index < -0.39 is 11.3 Å². The standard InChI is InChI=1S/C13H16N6O2/c1-13(2,3)12(21)15-9-6-4-5-8(7-9)14-11(20)10-16-18-19-17-10/h4-7H,1-3H3,(H,14,20)(H,15,21)(H,16,17,18,19). The number of benzene rings is 1. The SMILES string of the molecule is CC(C)(C)C(=O)Nc1cccc(NC(=O)c2nn[nH]n2)c1. The summed E-state index contributed by atoms with van der Waals surface area (Å²) < 4.78 is 0. The van der Waals surface area contributed by atoms with Gasteiger partial charge in [0.05, 0.1) is 0 Å². The quantitative estimate of drug-likeness (QED) is 0.791. The molecule has 110 valence electrons. The molecule has 0 saturated heterocycles. The number of aromatic amines is 1. The van der Waals surface area contributed by atoms with Crippen LogP contribution in [0.3, 0.4) is 0 Å². The summed E-state index contributed by atoms with van der Waals surface area (Å²) in [6.07, 6.45) is 0. The average Bonchev–Trinajstić information content (AvgIpc) is 2.91. The van der Waals surface area contributed by atoms with E-state index in [4.69, 9.17) is 0 Å². The van der Waals surface area contributed by atoms with Crippen molar-refractivity contribution < 1.29 is 9.59 Å². The van der Waals surface area contributed by atoms with Gasteiger partial charge in [0.1, 0.15) is 0 Å². The van der Waals surface area contributed by atoms with Gasteiger partial charge in [-0.25, -0.2) is 0 Å². The maximum absolute atomic E-state index is 11.9. The Kier molecular flexibility index (Phi) is 3.97. The van der Waals surface area contributed by atoms with Crippen LogP contribution in [0, 0.1) is 5.41 Å². The Morgan fingerprint density at radius 1 is 1.14 bits per heavy atom. The van der Waals surface area contributed by atoms with E-state index in [1.54, 1.807) is 24.3 Å². The zero-order valence-corrected chi connectivity index (χ0v) is 12.0. The first-order valence-electron chi connectivity index (χ1n) is 6.32. The number of H-pyrrole nitrogens is 1. The molecule has 0 atom stereocenters. The van der Waals surface area contributed by atoms with Gasteiger partial charge in [-0.05, 0) is 23.4 Å². The Balaban J connectivity index is 2.08. The molecule has 1 heterocycles. The van der Waals surface area contributed by atoms with Crippen LogP contribution in [0.2, 0.25) is 0 Å². The molecule has 0 aliphatic rings. The van der Waals surface area contributed by atoms with E-state index in [0.717, 1.165) is 0 Å². The molecule has 2 rings (SSSR count). The highest BCUT2D eigenvalue weighted by Crippen LogP contribution is 2.20. The lowest BCUT2D eigenvalue weighted by atomic mass is 9.95.